The van der Waals surface area contributed by atoms with Gasteiger partial charge in [0.15, 0.2) is 6.10 Å². The van der Waals surface area contributed by atoms with Crippen LogP contribution in [0.5, 0.6) is 11.5 Å². The van der Waals surface area contributed by atoms with Crippen LogP contribution in [-0.4, -0.2) is 45.7 Å². The number of amides is 2. The number of nitrogens with one attached hydrogen (secondary N) is 1. The first-order valence-electron chi connectivity index (χ1n) is 9.91. The summed E-state index contributed by atoms with van der Waals surface area (Å²) in [6.07, 6.45) is 0.449. The van der Waals surface area contributed by atoms with Gasteiger partial charge in [-0.15, -0.1) is 15.0 Å². The summed E-state index contributed by atoms with van der Waals surface area (Å²) in [6.45, 7) is -3.08. The zero-order valence-electron chi connectivity index (χ0n) is 18.4. The highest BCUT2D eigenvalue weighted by atomic mass is 79.9. The Hall–Kier alpha value is -2.75. The molecule has 4 rings (SSSR count). The van der Waals surface area contributed by atoms with Gasteiger partial charge in [0.05, 0.1) is 26.7 Å². The number of hydrogen-bond acceptors (Lipinski definition) is 8. The Kier molecular flexibility index (Phi) is 7.02. The number of ether oxygens (including phenoxy) is 2. The summed E-state index contributed by atoms with van der Waals surface area (Å²) in [5.41, 5.74) is 1.25. The number of anilines is 1. The molecule has 1 unspecified atom stereocenters. The molecule has 0 fully saturated rings. The van der Waals surface area contributed by atoms with Crippen LogP contribution in [0.15, 0.2) is 52.3 Å². The van der Waals surface area contributed by atoms with Crippen LogP contribution in [-0.2, 0) is 20.0 Å². The molecule has 192 valence electrons. The predicted molar refractivity (Wildman–Crippen MR) is 134 cm³/mol. The van der Waals surface area contributed by atoms with Crippen molar-refractivity contribution in [1.82, 2.24) is 3.71 Å². The van der Waals surface area contributed by atoms with Crippen molar-refractivity contribution >= 4 is 59.0 Å². The Balaban J connectivity index is 1.83. The number of alkyl halides is 2. The molecular formula is C21H17BrF2N2O7S3. The number of benzene rings is 2. The van der Waals surface area contributed by atoms with Gasteiger partial charge >= 0.3 is 12.6 Å². The third kappa shape index (κ3) is 5.33. The van der Waals surface area contributed by atoms with Crippen LogP contribution in [0.25, 0.3) is 11.1 Å². The number of rotatable bonds is 6. The lowest BCUT2D eigenvalue weighted by Gasteiger charge is -2.30. The number of thiophene rings is 1. The number of carbonyl (C=O) groups excluding carboxylic acids is 1. The van der Waals surface area contributed by atoms with Gasteiger partial charge in [0.25, 0.3) is 0 Å². The van der Waals surface area contributed by atoms with Gasteiger partial charge in [-0.25, -0.2) is 21.6 Å². The summed E-state index contributed by atoms with van der Waals surface area (Å²) >= 11 is 4.76. The molecule has 2 amide bonds. The molecule has 15 heteroatoms. The Morgan fingerprint density at radius 1 is 1.11 bits per heavy atom. The van der Waals surface area contributed by atoms with E-state index in [1.807, 2.05) is 0 Å². The fourth-order valence-electron chi connectivity index (χ4n) is 3.74. The Labute approximate surface area is 217 Å². The standard InChI is InChI=1S/C21H17BrF2N2O7S3/c1-35(28,29)26(36(2,30)31)21(27)25-11-6-7-12-13(10-11)19(16-8-9-17(22)34-16)32-14-4-3-5-15(18(12)14)33-20(23)24/h3-10,19-20H,1-2H3,(H,25,27). The molecule has 36 heavy (non-hydrogen) atoms. The van der Waals surface area contributed by atoms with E-state index in [0.29, 0.717) is 29.4 Å². The molecule has 1 aliphatic rings. The van der Waals surface area contributed by atoms with E-state index in [-0.39, 0.29) is 20.7 Å². The number of fused-ring (bicyclic) bond motifs is 3. The molecular weight excluding hydrogens is 606 g/mol. The third-order valence-corrected chi connectivity index (χ3v) is 9.75. The Morgan fingerprint density at radius 3 is 2.39 bits per heavy atom. The molecule has 2 heterocycles. The third-order valence-electron chi connectivity index (χ3n) is 4.92. The molecule has 1 aromatic heterocycles. The lowest BCUT2D eigenvalue weighted by molar-refractivity contribution is -0.0496. The van der Waals surface area contributed by atoms with E-state index >= 15 is 0 Å². The summed E-state index contributed by atoms with van der Waals surface area (Å²) < 4.78 is 85.3. The molecule has 0 aliphatic carbocycles. The highest BCUT2D eigenvalue weighted by molar-refractivity contribution is 9.11. The summed E-state index contributed by atoms with van der Waals surface area (Å²) in [4.78, 5) is 13.4. The number of hydrogen-bond donors (Lipinski definition) is 1. The number of nitrogens with zero attached hydrogens (tertiary/aromatic N) is 1. The van der Waals surface area contributed by atoms with Crippen molar-refractivity contribution in [3.8, 4) is 22.6 Å². The quantitative estimate of drug-likeness (QED) is 0.410. The monoisotopic (exact) mass is 622 g/mol. The minimum absolute atomic E-state index is 0.0518. The second-order valence-electron chi connectivity index (χ2n) is 7.60. The minimum atomic E-state index is -4.45. The average molecular weight is 623 g/mol. The van der Waals surface area contributed by atoms with Crippen LogP contribution in [0.3, 0.4) is 0 Å². The van der Waals surface area contributed by atoms with Crippen LogP contribution in [0, 0.1) is 0 Å². The molecule has 1 N–H and O–H groups in total. The van der Waals surface area contributed by atoms with E-state index in [1.165, 1.54) is 41.7 Å². The molecule has 0 spiro atoms. The SMILES string of the molecule is CS(=O)(=O)N(C(=O)Nc1ccc2c(c1)C(c1ccc(Br)s1)Oc1cccc(OC(F)F)c1-2)S(C)(=O)=O. The van der Waals surface area contributed by atoms with Crippen LogP contribution in [0.2, 0.25) is 0 Å². The van der Waals surface area contributed by atoms with Crippen molar-refractivity contribution in [3.63, 3.8) is 0 Å². The van der Waals surface area contributed by atoms with Gasteiger partial charge in [0.1, 0.15) is 11.5 Å². The molecule has 1 atom stereocenters. The fourth-order valence-corrected chi connectivity index (χ4v) is 7.87. The Morgan fingerprint density at radius 2 is 1.81 bits per heavy atom. The van der Waals surface area contributed by atoms with Crippen molar-refractivity contribution in [2.24, 2.45) is 0 Å². The van der Waals surface area contributed by atoms with Gasteiger partial charge in [0.2, 0.25) is 20.0 Å². The summed E-state index contributed by atoms with van der Waals surface area (Å²) in [5.74, 6) is 0.180. The first kappa shape index (κ1) is 26.3. The number of sulfonamides is 2. The molecule has 0 saturated carbocycles. The molecule has 1 aliphatic heterocycles. The van der Waals surface area contributed by atoms with E-state index in [9.17, 15) is 30.4 Å². The van der Waals surface area contributed by atoms with Gasteiger partial charge in [-0.1, -0.05) is 12.1 Å². The van der Waals surface area contributed by atoms with Gasteiger partial charge in [-0.2, -0.15) is 8.78 Å². The van der Waals surface area contributed by atoms with Gasteiger partial charge < -0.3 is 14.8 Å². The van der Waals surface area contributed by atoms with E-state index in [0.717, 1.165) is 8.66 Å². The van der Waals surface area contributed by atoms with Gasteiger partial charge in [-0.05, 0) is 57.9 Å². The fraction of sp³-hybridized carbons (Fsp3) is 0.190. The van der Waals surface area contributed by atoms with E-state index < -0.39 is 38.8 Å². The number of urea groups is 1. The van der Waals surface area contributed by atoms with E-state index in [1.54, 1.807) is 18.2 Å². The normalized spacial score (nSPS) is 15.0. The molecule has 2 aromatic carbocycles. The molecule has 0 saturated heterocycles. The van der Waals surface area contributed by atoms with E-state index in [4.69, 9.17) is 4.74 Å². The summed E-state index contributed by atoms with van der Waals surface area (Å²) in [7, 11) is -8.90. The highest BCUT2D eigenvalue weighted by Gasteiger charge is 2.34. The van der Waals surface area contributed by atoms with Crippen molar-refractivity contribution in [2.75, 3.05) is 17.8 Å². The molecule has 3 aromatic rings. The predicted octanol–water partition coefficient (Wildman–Crippen LogP) is 5.01. The number of carbonyl (C=O) groups is 1. The number of halogens is 3. The first-order valence-corrected chi connectivity index (χ1v) is 15.2. The maximum Gasteiger partial charge on any atom is 0.387 e. The second-order valence-corrected chi connectivity index (χ2v) is 14.0. The van der Waals surface area contributed by atoms with Crippen molar-refractivity contribution < 1.29 is 39.9 Å². The first-order chi connectivity index (χ1) is 16.8. The lowest BCUT2D eigenvalue weighted by Crippen LogP contribution is -2.43. The average Bonchev–Trinajstić information content (AvgIpc) is 3.16. The van der Waals surface area contributed by atoms with Crippen molar-refractivity contribution in [2.45, 2.75) is 12.7 Å². The second kappa shape index (κ2) is 9.61. The van der Waals surface area contributed by atoms with Crippen LogP contribution in [0.1, 0.15) is 16.5 Å². The lowest BCUT2D eigenvalue weighted by atomic mass is 9.91. The maximum absolute atomic E-state index is 13.1. The zero-order valence-corrected chi connectivity index (χ0v) is 22.5. The topological polar surface area (TPSA) is 119 Å². The summed E-state index contributed by atoms with van der Waals surface area (Å²) in [5, 5.41) is 2.27. The summed E-state index contributed by atoms with van der Waals surface area (Å²) in [6, 6.07) is 11.0. The van der Waals surface area contributed by atoms with Crippen molar-refractivity contribution in [1.29, 1.82) is 0 Å². The van der Waals surface area contributed by atoms with Crippen LogP contribution in [0.4, 0.5) is 19.3 Å². The van der Waals surface area contributed by atoms with Gasteiger partial charge in [-0.3, -0.25) is 0 Å². The van der Waals surface area contributed by atoms with Gasteiger partial charge in [0, 0.05) is 11.3 Å². The smallest absolute Gasteiger partial charge is 0.387 e. The van der Waals surface area contributed by atoms with Crippen LogP contribution < -0.4 is 14.8 Å². The van der Waals surface area contributed by atoms with Crippen molar-refractivity contribution in [3.05, 3.63) is 62.8 Å². The van der Waals surface area contributed by atoms with Crippen LogP contribution >= 0.6 is 27.3 Å². The molecule has 0 bridgehead atoms. The van der Waals surface area contributed by atoms with E-state index in [2.05, 4.69) is 26.0 Å². The zero-order chi connectivity index (χ0) is 26.4. The Bertz CT molecular complexity index is 1530. The maximum atomic E-state index is 13.1. The largest absolute Gasteiger partial charge is 0.479 e. The molecule has 0 radical (unpaired) electrons. The molecule has 9 nitrogen and oxygen atoms in total. The minimum Gasteiger partial charge on any atom is -0.479 e. The highest BCUT2D eigenvalue weighted by Crippen LogP contribution is 2.50.